The normalized spacial score (nSPS) is 19.4. The van der Waals surface area contributed by atoms with Gasteiger partial charge in [-0.1, -0.05) is 6.92 Å². The third-order valence-corrected chi connectivity index (χ3v) is 4.60. The van der Waals surface area contributed by atoms with Crippen LogP contribution < -0.4 is 5.32 Å². The molecule has 0 atom stereocenters. The van der Waals surface area contributed by atoms with E-state index in [-0.39, 0.29) is 5.91 Å². The number of nitrogens with one attached hydrogen (secondary N) is 1. The van der Waals surface area contributed by atoms with Gasteiger partial charge < -0.3 is 5.32 Å². The lowest BCUT2D eigenvalue weighted by Crippen LogP contribution is -2.23. The highest BCUT2D eigenvalue weighted by atomic mass is 32.1. The zero-order chi connectivity index (χ0) is 11.8. The lowest BCUT2D eigenvalue weighted by Gasteiger charge is -2.12. The molecule has 1 N–H and O–H groups in total. The maximum absolute atomic E-state index is 11.8. The van der Waals surface area contributed by atoms with Crippen molar-refractivity contribution in [3.05, 3.63) is 21.4 Å². The van der Waals surface area contributed by atoms with E-state index in [0.29, 0.717) is 0 Å². The smallest absolute Gasteiger partial charge is 0.261 e. The van der Waals surface area contributed by atoms with E-state index < -0.39 is 0 Å². The average Bonchev–Trinajstić information content (AvgIpc) is 2.97. The predicted octanol–water partition coefficient (Wildman–Crippen LogP) is 2.37. The van der Waals surface area contributed by atoms with Crippen molar-refractivity contribution in [1.82, 2.24) is 10.2 Å². The van der Waals surface area contributed by atoms with E-state index in [1.165, 1.54) is 23.3 Å². The van der Waals surface area contributed by atoms with Crippen molar-refractivity contribution in [2.24, 2.45) is 0 Å². The molecule has 1 saturated carbocycles. The van der Waals surface area contributed by atoms with Crippen molar-refractivity contribution in [3.63, 3.8) is 0 Å². The number of rotatable bonds is 4. The van der Waals surface area contributed by atoms with Gasteiger partial charge in [0.15, 0.2) is 0 Å². The molecule has 2 aliphatic rings. The Balaban J connectivity index is 1.66. The van der Waals surface area contributed by atoms with Crippen LogP contribution in [0.4, 0.5) is 0 Å². The van der Waals surface area contributed by atoms with Gasteiger partial charge in [-0.25, -0.2) is 0 Å². The maximum atomic E-state index is 11.8. The summed E-state index contributed by atoms with van der Waals surface area (Å²) in [7, 11) is 0. The van der Waals surface area contributed by atoms with Gasteiger partial charge in [-0.3, -0.25) is 9.69 Å². The Morgan fingerprint density at radius 3 is 3.00 bits per heavy atom. The second-order valence-electron chi connectivity index (χ2n) is 4.95. The summed E-state index contributed by atoms with van der Waals surface area (Å²) >= 11 is 1.68. The molecular formula is C13H18N2OS. The first-order valence-electron chi connectivity index (χ1n) is 6.41. The van der Waals surface area contributed by atoms with E-state index in [1.54, 1.807) is 11.3 Å². The minimum atomic E-state index is 0.101. The molecule has 1 aliphatic heterocycles. The van der Waals surface area contributed by atoms with E-state index >= 15 is 0 Å². The molecule has 0 aromatic carbocycles. The van der Waals surface area contributed by atoms with Crippen LogP contribution in [0.15, 0.2) is 6.07 Å². The number of fused-ring (bicyclic) bond motifs is 1. The number of nitrogens with zero attached hydrogens (tertiary/aromatic N) is 1. The Morgan fingerprint density at radius 2 is 2.35 bits per heavy atom. The topological polar surface area (TPSA) is 32.3 Å². The first-order chi connectivity index (χ1) is 8.28. The van der Waals surface area contributed by atoms with Crippen molar-refractivity contribution < 1.29 is 4.79 Å². The number of carbonyl (C=O) groups excluding carboxylic acids is 1. The van der Waals surface area contributed by atoms with Gasteiger partial charge in [0.2, 0.25) is 0 Å². The third kappa shape index (κ3) is 2.24. The molecule has 0 radical (unpaired) electrons. The van der Waals surface area contributed by atoms with Gasteiger partial charge in [-0.15, -0.1) is 11.3 Å². The lowest BCUT2D eigenvalue weighted by molar-refractivity contribution is 0.0957. The highest BCUT2D eigenvalue weighted by molar-refractivity contribution is 7.14. The molecule has 0 bridgehead atoms. The van der Waals surface area contributed by atoms with Crippen molar-refractivity contribution in [2.75, 3.05) is 6.54 Å². The Hall–Kier alpha value is -0.870. The van der Waals surface area contributed by atoms with Crippen molar-refractivity contribution in [2.45, 2.75) is 45.3 Å². The largest absolute Gasteiger partial charge is 0.351 e. The van der Waals surface area contributed by atoms with Crippen molar-refractivity contribution in [3.8, 4) is 0 Å². The summed E-state index contributed by atoms with van der Waals surface area (Å²) in [6.45, 7) is 4.96. The fourth-order valence-corrected chi connectivity index (χ4v) is 3.45. The van der Waals surface area contributed by atoms with Crippen LogP contribution in [0.1, 0.15) is 46.3 Å². The molecule has 3 rings (SSSR count). The summed E-state index contributed by atoms with van der Waals surface area (Å²) in [5.41, 5.74) is 1.38. The summed E-state index contributed by atoms with van der Waals surface area (Å²) < 4.78 is 0. The molecule has 17 heavy (non-hydrogen) atoms. The van der Waals surface area contributed by atoms with Crippen LogP contribution >= 0.6 is 11.3 Å². The highest BCUT2D eigenvalue weighted by Crippen LogP contribution is 2.37. The predicted molar refractivity (Wildman–Crippen MR) is 69.2 cm³/mol. The quantitative estimate of drug-likeness (QED) is 0.889. The van der Waals surface area contributed by atoms with E-state index in [2.05, 4.69) is 23.2 Å². The number of hydrogen-bond donors (Lipinski definition) is 1. The highest BCUT2D eigenvalue weighted by Gasteiger charge is 2.34. The molecule has 2 heterocycles. The van der Waals surface area contributed by atoms with Crippen LogP contribution in [-0.2, 0) is 13.1 Å². The molecule has 1 aliphatic carbocycles. The maximum Gasteiger partial charge on any atom is 0.261 e. The van der Waals surface area contributed by atoms with Gasteiger partial charge >= 0.3 is 0 Å². The van der Waals surface area contributed by atoms with E-state index in [4.69, 9.17) is 0 Å². The summed E-state index contributed by atoms with van der Waals surface area (Å²) in [6.07, 6.45) is 3.71. The number of hydrogen-bond acceptors (Lipinski definition) is 3. The van der Waals surface area contributed by atoms with Gasteiger partial charge in [0.05, 0.1) is 4.88 Å². The molecular weight excluding hydrogens is 232 g/mol. The summed E-state index contributed by atoms with van der Waals surface area (Å²) in [4.78, 5) is 16.6. The molecule has 1 fully saturated rings. The summed E-state index contributed by atoms with van der Waals surface area (Å²) in [5, 5.41) is 2.94. The molecule has 3 nitrogen and oxygen atoms in total. The van der Waals surface area contributed by atoms with Gasteiger partial charge in [-0.2, -0.15) is 0 Å². The fourth-order valence-electron chi connectivity index (χ4n) is 2.33. The molecule has 1 aromatic rings. The zero-order valence-corrected chi connectivity index (χ0v) is 11.0. The first kappa shape index (κ1) is 11.2. The second kappa shape index (κ2) is 4.42. The first-order valence-corrected chi connectivity index (χ1v) is 7.23. The summed E-state index contributed by atoms with van der Waals surface area (Å²) in [6, 6.07) is 2.92. The minimum absolute atomic E-state index is 0.101. The van der Waals surface area contributed by atoms with Crippen LogP contribution in [0.25, 0.3) is 0 Å². The van der Waals surface area contributed by atoms with Crippen LogP contribution in [0.2, 0.25) is 0 Å². The Kier molecular flexibility index (Phi) is 2.92. The molecule has 92 valence electrons. The number of amides is 1. The Labute approximate surface area is 106 Å². The summed E-state index contributed by atoms with van der Waals surface area (Å²) in [5.74, 6) is 0.101. The average molecular weight is 250 g/mol. The van der Waals surface area contributed by atoms with Crippen molar-refractivity contribution >= 4 is 17.2 Å². The van der Waals surface area contributed by atoms with Gasteiger partial charge in [0.25, 0.3) is 5.91 Å². The van der Waals surface area contributed by atoms with Crippen molar-refractivity contribution in [1.29, 1.82) is 0 Å². The molecule has 0 spiro atoms. The van der Waals surface area contributed by atoms with E-state index in [1.807, 2.05) is 0 Å². The molecule has 4 heteroatoms. The molecule has 1 aromatic heterocycles. The van der Waals surface area contributed by atoms with Gasteiger partial charge in [0, 0.05) is 30.6 Å². The molecule has 0 saturated heterocycles. The van der Waals surface area contributed by atoms with Crippen LogP contribution in [0, 0.1) is 0 Å². The standard InChI is InChI=1S/C13H18N2OS/c1-2-5-14-13(16)11-6-9-7-15(10-3-4-10)8-12(9)17-11/h6,10H,2-5,7-8H2,1H3,(H,14,16). The molecule has 0 unspecified atom stereocenters. The zero-order valence-electron chi connectivity index (χ0n) is 10.2. The number of carbonyl (C=O) groups is 1. The van der Waals surface area contributed by atoms with Crippen LogP contribution in [0.5, 0.6) is 0 Å². The Bertz CT molecular complexity index is 413. The van der Waals surface area contributed by atoms with E-state index in [9.17, 15) is 4.79 Å². The monoisotopic (exact) mass is 250 g/mol. The Morgan fingerprint density at radius 1 is 1.53 bits per heavy atom. The van der Waals surface area contributed by atoms with Gasteiger partial charge in [-0.05, 0) is 30.9 Å². The van der Waals surface area contributed by atoms with Gasteiger partial charge in [0.1, 0.15) is 0 Å². The SMILES string of the molecule is CCCNC(=O)c1cc2c(s1)CN(C1CC1)C2. The second-order valence-corrected chi connectivity index (χ2v) is 6.09. The van der Waals surface area contributed by atoms with Crippen LogP contribution in [-0.4, -0.2) is 23.4 Å². The molecule has 1 amide bonds. The lowest BCUT2D eigenvalue weighted by atomic mass is 10.3. The fraction of sp³-hybridized carbons (Fsp3) is 0.615. The third-order valence-electron chi connectivity index (χ3n) is 3.44. The number of thiophene rings is 1. The van der Waals surface area contributed by atoms with Crippen LogP contribution in [0.3, 0.4) is 0 Å². The van der Waals surface area contributed by atoms with E-state index in [0.717, 1.165) is 37.0 Å². The minimum Gasteiger partial charge on any atom is -0.351 e.